The normalized spacial score (nSPS) is 11.6. The highest BCUT2D eigenvalue weighted by Gasteiger charge is 2.09. The van der Waals surface area contributed by atoms with Crippen molar-refractivity contribution >= 4 is 33.0 Å². The van der Waals surface area contributed by atoms with Gasteiger partial charge >= 0.3 is 0 Å². The van der Waals surface area contributed by atoms with Gasteiger partial charge in [0.15, 0.2) is 0 Å². The lowest BCUT2D eigenvalue weighted by molar-refractivity contribution is 0.0959. The lowest BCUT2D eigenvalue weighted by Gasteiger charge is -2.00. The number of hydrogen-bond acceptors (Lipinski definition) is 4. The molecule has 0 saturated heterocycles. The molecule has 0 bridgehead atoms. The van der Waals surface area contributed by atoms with Gasteiger partial charge in [-0.1, -0.05) is 24.3 Å². The van der Waals surface area contributed by atoms with E-state index in [4.69, 9.17) is 0 Å². The first-order valence-corrected chi connectivity index (χ1v) is 7.30. The van der Waals surface area contributed by atoms with E-state index in [9.17, 15) is 4.79 Å². The topological polar surface area (TPSA) is 54.4 Å². The minimum atomic E-state index is -0.202. The van der Waals surface area contributed by atoms with Crippen molar-refractivity contribution in [3.8, 4) is 0 Å². The van der Waals surface area contributed by atoms with Crippen LogP contribution < -0.4 is 5.43 Å². The van der Waals surface area contributed by atoms with Gasteiger partial charge in [-0.3, -0.25) is 9.78 Å². The summed E-state index contributed by atoms with van der Waals surface area (Å²) < 4.78 is 1.09. The lowest BCUT2D eigenvalue weighted by atomic mass is 10.2. The van der Waals surface area contributed by atoms with E-state index in [1.807, 2.05) is 55.5 Å². The molecule has 1 aromatic carbocycles. The van der Waals surface area contributed by atoms with Gasteiger partial charge in [-0.2, -0.15) is 5.10 Å². The Balaban J connectivity index is 1.77. The number of fused-ring (bicyclic) bond motifs is 1. The molecule has 0 unspecified atom stereocenters. The molecular weight excluding hydrogens is 282 g/mol. The van der Waals surface area contributed by atoms with Crippen LogP contribution in [0.15, 0.2) is 59.8 Å². The Morgan fingerprint density at radius 2 is 2.00 bits per heavy atom. The highest BCUT2D eigenvalue weighted by Crippen LogP contribution is 2.24. The van der Waals surface area contributed by atoms with E-state index >= 15 is 0 Å². The second-order valence-corrected chi connectivity index (χ2v) is 5.59. The number of rotatable bonds is 3. The summed E-state index contributed by atoms with van der Waals surface area (Å²) in [5, 5.41) is 5.17. The van der Waals surface area contributed by atoms with Crippen LogP contribution in [-0.2, 0) is 0 Å². The van der Waals surface area contributed by atoms with Crippen LogP contribution in [0.4, 0.5) is 0 Å². The Labute approximate surface area is 126 Å². The van der Waals surface area contributed by atoms with Crippen LogP contribution in [0.2, 0.25) is 0 Å². The minimum Gasteiger partial charge on any atom is -0.266 e. The molecule has 3 rings (SSSR count). The van der Waals surface area contributed by atoms with Crippen molar-refractivity contribution in [1.82, 2.24) is 10.4 Å². The smallest absolute Gasteiger partial charge is 0.266 e. The molecule has 104 valence electrons. The van der Waals surface area contributed by atoms with Crippen LogP contribution in [0.5, 0.6) is 0 Å². The van der Waals surface area contributed by atoms with Gasteiger partial charge in [0.25, 0.3) is 5.91 Å². The monoisotopic (exact) mass is 295 g/mol. The summed E-state index contributed by atoms with van der Waals surface area (Å²) >= 11 is 1.46. The third kappa shape index (κ3) is 2.98. The fourth-order valence-corrected chi connectivity index (χ4v) is 2.87. The Hall–Kier alpha value is -2.53. The highest BCUT2D eigenvalue weighted by atomic mass is 32.1. The molecule has 2 heterocycles. The molecule has 3 aromatic rings. The van der Waals surface area contributed by atoms with E-state index in [2.05, 4.69) is 15.5 Å². The Kier molecular flexibility index (Phi) is 3.75. The Bertz CT molecular complexity index is 776. The third-order valence-electron chi connectivity index (χ3n) is 3.01. The molecule has 1 amide bonds. The van der Waals surface area contributed by atoms with Gasteiger partial charge in [0.2, 0.25) is 0 Å². The molecule has 4 nitrogen and oxygen atoms in total. The number of aromatic nitrogens is 1. The predicted molar refractivity (Wildman–Crippen MR) is 85.7 cm³/mol. The Morgan fingerprint density at radius 3 is 2.76 bits per heavy atom. The number of carbonyl (C=O) groups excluding carboxylic acids is 1. The zero-order chi connectivity index (χ0) is 14.7. The highest BCUT2D eigenvalue weighted by molar-refractivity contribution is 7.20. The molecule has 0 radical (unpaired) electrons. The second kappa shape index (κ2) is 5.85. The van der Waals surface area contributed by atoms with Crippen molar-refractivity contribution < 1.29 is 4.79 Å². The summed E-state index contributed by atoms with van der Waals surface area (Å²) in [5.74, 6) is -0.202. The van der Waals surface area contributed by atoms with Crippen molar-refractivity contribution in [2.24, 2.45) is 5.10 Å². The van der Waals surface area contributed by atoms with E-state index in [1.54, 1.807) is 6.20 Å². The second-order valence-electron chi connectivity index (χ2n) is 4.50. The van der Waals surface area contributed by atoms with Gasteiger partial charge in [-0.25, -0.2) is 5.43 Å². The number of pyridine rings is 1. The van der Waals surface area contributed by atoms with Crippen LogP contribution in [0, 0.1) is 0 Å². The van der Waals surface area contributed by atoms with Crippen molar-refractivity contribution in [3.05, 3.63) is 65.3 Å². The van der Waals surface area contributed by atoms with Gasteiger partial charge in [0.05, 0.1) is 16.3 Å². The summed E-state index contributed by atoms with van der Waals surface area (Å²) in [6, 6.07) is 15.4. The first-order valence-electron chi connectivity index (χ1n) is 6.48. The molecule has 0 fully saturated rings. The molecule has 1 N–H and O–H groups in total. The number of hydrazone groups is 1. The lowest BCUT2D eigenvalue weighted by Crippen LogP contribution is -2.18. The third-order valence-corrected chi connectivity index (χ3v) is 4.12. The van der Waals surface area contributed by atoms with Crippen LogP contribution in [0.3, 0.4) is 0 Å². The zero-order valence-corrected chi connectivity index (χ0v) is 12.2. The number of nitrogens with one attached hydrogen (secondary N) is 1. The fraction of sp³-hybridized carbons (Fsp3) is 0.0625. The van der Waals surface area contributed by atoms with Crippen molar-refractivity contribution in [1.29, 1.82) is 0 Å². The number of hydrogen-bond donors (Lipinski definition) is 1. The SMILES string of the molecule is CC(=NNC(=O)c1cc2ccccc2s1)c1ccccn1. The fourth-order valence-electron chi connectivity index (χ4n) is 1.92. The van der Waals surface area contributed by atoms with Gasteiger partial charge in [0.1, 0.15) is 0 Å². The first-order chi connectivity index (χ1) is 10.2. The van der Waals surface area contributed by atoms with Crippen molar-refractivity contribution in [2.45, 2.75) is 6.92 Å². The van der Waals surface area contributed by atoms with Crippen molar-refractivity contribution in [2.75, 3.05) is 0 Å². The maximum absolute atomic E-state index is 12.1. The van der Waals surface area contributed by atoms with Crippen LogP contribution in [0.1, 0.15) is 22.3 Å². The average Bonchev–Trinajstić information content (AvgIpc) is 2.97. The summed E-state index contributed by atoms with van der Waals surface area (Å²) in [4.78, 5) is 17.0. The number of amides is 1. The number of benzene rings is 1. The molecule has 0 aliphatic heterocycles. The predicted octanol–water partition coefficient (Wildman–Crippen LogP) is 3.45. The summed E-state index contributed by atoms with van der Waals surface area (Å²) in [5.41, 5.74) is 3.99. The van der Waals surface area contributed by atoms with Crippen LogP contribution in [-0.4, -0.2) is 16.6 Å². The van der Waals surface area contributed by atoms with Gasteiger partial charge in [0, 0.05) is 10.9 Å². The number of thiophene rings is 1. The van der Waals surface area contributed by atoms with E-state index in [1.165, 1.54) is 11.3 Å². The largest absolute Gasteiger partial charge is 0.281 e. The molecule has 2 aromatic heterocycles. The zero-order valence-electron chi connectivity index (χ0n) is 11.4. The maximum Gasteiger partial charge on any atom is 0.281 e. The van der Waals surface area contributed by atoms with Gasteiger partial charge < -0.3 is 0 Å². The maximum atomic E-state index is 12.1. The summed E-state index contributed by atoms with van der Waals surface area (Å²) in [6.45, 7) is 1.81. The average molecular weight is 295 g/mol. The summed E-state index contributed by atoms with van der Waals surface area (Å²) in [7, 11) is 0. The van der Waals surface area contributed by atoms with Crippen LogP contribution in [0.25, 0.3) is 10.1 Å². The minimum absolute atomic E-state index is 0.202. The molecular formula is C16H13N3OS. The van der Waals surface area contributed by atoms with Gasteiger partial charge in [-0.15, -0.1) is 11.3 Å². The molecule has 5 heteroatoms. The molecule has 0 atom stereocenters. The number of carbonyl (C=O) groups is 1. The van der Waals surface area contributed by atoms with Gasteiger partial charge in [-0.05, 0) is 36.6 Å². The molecule has 21 heavy (non-hydrogen) atoms. The first kappa shape index (κ1) is 13.5. The van der Waals surface area contributed by atoms with E-state index in [0.29, 0.717) is 10.6 Å². The molecule has 0 spiro atoms. The van der Waals surface area contributed by atoms with E-state index in [0.717, 1.165) is 15.8 Å². The quantitative estimate of drug-likeness (QED) is 0.594. The Morgan fingerprint density at radius 1 is 1.19 bits per heavy atom. The van der Waals surface area contributed by atoms with E-state index < -0.39 is 0 Å². The molecule has 0 saturated carbocycles. The van der Waals surface area contributed by atoms with E-state index in [-0.39, 0.29) is 5.91 Å². The van der Waals surface area contributed by atoms with Crippen LogP contribution >= 0.6 is 11.3 Å². The molecule has 0 aliphatic carbocycles. The van der Waals surface area contributed by atoms with Crippen molar-refractivity contribution in [3.63, 3.8) is 0 Å². The standard InChI is InChI=1S/C16H13N3OS/c1-11(13-7-4-5-9-17-13)18-19-16(20)15-10-12-6-2-3-8-14(12)21-15/h2-10H,1H3,(H,19,20). The number of nitrogens with zero attached hydrogens (tertiary/aromatic N) is 2. The molecule has 0 aliphatic rings. The summed E-state index contributed by atoms with van der Waals surface area (Å²) in [6.07, 6.45) is 1.70.